The van der Waals surface area contributed by atoms with Crippen LogP contribution in [0.5, 0.6) is 0 Å². The molecule has 1 fully saturated rings. The number of thioether (sulfide) groups is 1. The Hall–Kier alpha value is -2.29. The van der Waals surface area contributed by atoms with E-state index >= 15 is 0 Å². The van der Waals surface area contributed by atoms with Crippen LogP contribution < -0.4 is 0 Å². The lowest BCUT2D eigenvalue weighted by Gasteiger charge is -2.10. The molecule has 3 aromatic rings. The summed E-state index contributed by atoms with van der Waals surface area (Å²) in [5, 5.41) is 16.9. The molecule has 1 aliphatic carbocycles. The maximum atomic E-state index is 13.7. The van der Waals surface area contributed by atoms with E-state index < -0.39 is 0 Å². The zero-order chi connectivity index (χ0) is 18.6. The van der Waals surface area contributed by atoms with Gasteiger partial charge in [0.1, 0.15) is 5.82 Å². The molecule has 0 radical (unpaired) electrons. The number of hydrogen-bond acceptors (Lipinski definition) is 7. The number of hydrogen-bond donors (Lipinski definition) is 0. The number of aryl methyl sites for hydroxylation is 2. The van der Waals surface area contributed by atoms with Crippen LogP contribution in [0.1, 0.15) is 49.6 Å². The zero-order valence-electron chi connectivity index (χ0n) is 15.1. The molecular formula is C18H21FN6OS. The van der Waals surface area contributed by atoms with E-state index in [1.54, 1.807) is 30.8 Å². The molecule has 0 unspecified atom stereocenters. The topological polar surface area (TPSA) is 82.5 Å². The smallest absolute Gasteiger partial charge is 0.226 e. The molecule has 142 valence electrons. The van der Waals surface area contributed by atoms with Gasteiger partial charge in [0.2, 0.25) is 16.9 Å². The molecule has 0 bridgehead atoms. The second-order valence-corrected chi connectivity index (χ2v) is 7.83. The van der Waals surface area contributed by atoms with Crippen molar-refractivity contribution in [2.24, 2.45) is 0 Å². The van der Waals surface area contributed by atoms with Crippen molar-refractivity contribution in [3.05, 3.63) is 35.5 Å². The van der Waals surface area contributed by atoms with Gasteiger partial charge in [-0.3, -0.25) is 0 Å². The number of rotatable bonds is 7. The molecule has 0 aliphatic heterocycles. The van der Waals surface area contributed by atoms with E-state index in [0.717, 1.165) is 30.2 Å². The number of aromatic nitrogens is 6. The Morgan fingerprint density at radius 1 is 1.30 bits per heavy atom. The van der Waals surface area contributed by atoms with Gasteiger partial charge in [0, 0.05) is 17.7 Å². The molecule has 1 saturated carbocycles. The summed E-state index contributed by atoms with van der Waals surface area (Å²) in [6.07, 6.45) is 6.34. The maximum absolute atomic E-state index is 13.7. The molecule has 2 heterocycles. The van der Waals surface area contributed by atoms with E-state index in [4.69, 9.17) is 4.52 Å². The molecule has 27 heavy (non-hydrogen) atoms. The summed E-state index contributed by atoms with van der Waals surface area (Å²) in [4.78, 5) is 4.37. The third kappa shape index (κ3) is 4.18. The molecule has 0 N–H and O–H groups in total. The lowest BCUT2D eigenvalue weighted by Crippen LogP contribution is -2.08. The molecular weight excluding hydrogens is 367 g/mol. The summed E-state index contributed by atoms with van der Waals surface area (Å²) in [7, 11) is 0. The highest BCUT2D eigenvalue weighted by molar-refractivity contribution is 7.99. The first-order valence-corrected chi connectivity index (χ1v) is 10.2. The van der Waals surface area contributed by atoms with Crippen molar-refractivity contribution >= 4 is 11.8 Å². The van der Waals surface area contributed by atoms with Gasteiger partial charge in [-0.25, -0.2) is 9.07 Å². The second-order valence-electron chi connectivity index (χ2n) is 6.77. The van der Waals surface area contributed by atoms with Crippen molar-refractivity contribution in [1.29, 1.82) is 0 Å². The average molecular weight is 388 g/mol. The molecule has 0 saturated heterocycles. The predicted molar refractivity (Wildman–Crippen MR) is 98.8 cm³/mol. The fourth-order valence-electron chi connectivity index (χ4n) is 3.25. The van der Waals surface area contributed by atoms with Crippen LogP contribution >= 0.6 is 11.8 Å². The quantitative estimate of drug-likeness (QED) is 0.447. The summed E-state index contributed by atoms with van der Waals surface area (Å²) in [5.41, 5.74) is 1.22. The zero-order valence-corrected chi connectivity index (χ0v) is 16.0. The van der Waals surface area contributed by atoms with Gasteiger partial charge in [-0.15, -0.1) is 5.10 Å². The first-order valence-electron chi connectivity index (χ1n) is 9.20. The first kappa shape index (κ1) is 18.1. The van der Waals surface area contributed by atoms with Crippen molar-refractivity contribution in [3.8, 4) is 11.4 Å². The van der Waals surface area contributed by atoms with E-state index in [2.05, 4.69) is 25.7 Å². The van der Waals surface area contributed by atoms with Crippen LogP contribution in [0.2, 0.25) is 0 Å². The number of benzene rings is 1. The van der Waals surface area contributed by atoms with E-state index in [1.807, 2.05) is 4.68 Å². The Bertz CT molecular complexity index is 905. The van der Waals surface area contributed by atoms with Crippen molar-refractivity contribution in [2.75, 3.05) is 5.75 Å². The van der Waals surface area contributed by atoms with E-state index in [9.17, 15) is 4.39 Å². The SMILES string of the molecule is Cc1ccc(-c2noc(CCCSc3nnnn3C3CCCC3)n2)cc1F. The number of tetrazole rings is 1. The van der Waals surface area contributed by atoms with Crippen LogP contribution in [0.3, 0.4) is 0 Å². The summed E-state index contributed by atoms with van der Waals surface area (Å²) in [6, 6.07) is 5.39. The molecule has 1 aromatic carbocycles. The largest absolute Gasteiger partial charge is 0.339 e. The monoisotopic (exact) mass is 388 g/mol. The minimum Gasteiger partial charge on any atom is -0.339 e. The van der Waals surface area contributed by atoms with Gasteiger partial charge in [-0.05, 0) is 48.2 Å². The molecule has 0 amide bonds. The van der Waals surface area contributed by atoms with Crippen molar-refractivity contribution in [2.45, 2.75) is 56.6 Å². The Labute approximate surface area is 160 Å². The number of nitrogens with zero attached hydrogens (tertiary/aromatic N) is 6. The van der Waals surface area contributed by atoms with Crippen LogP contribution in [-0.4, -0.2) is 36.1 Å². The second kappa shape index (κ2) is 8.16. The fraction of sp³-hybridized carbons (Fsp3) is 0.500. The Morgan fingerprint density at radius 2 is 2.15 bits per heavy atom. The Kier molecular flexibility index (Phi) is 5.47. The van der Waals surface area contributed by atoms with Crippen molar-refractivity contribution in [1.82, 2.24) is 30.3 Å². The van der Waals surface area contributed by atoms with E-state index in [-0.39, 0.29) is 5.82 Å². The predicted octanol–water partition coefficient (Wildman–Crippen LogP) is 4.01. The van der Waals surface area contributed by atoms with Gasteiger partial charge < -0.3 is 4.52 Å². The fourth-order valence-corrected chi connectivity index (χ4v) is 4.13. The highest BCUT2D eigenvalue weighted by atomic mass is 32.2. The molecule has 9 heteroatoms. The third-order valence-corrected chi connectivity index (χ3v) is 5.82. The van der Waals surface area contributed by atoms with Crippen LogP contribution in [-0.2, 0) is 6.42 Å². The molecule has 7 nitrogen and oxygen atoms in total. The van der Waals surface area contributed by atoms with Gasteiger partial charge in [0.15, 0.2) is 0 Å². The lowest BCUT2D eigenvalue weighted by atomic mass is 10.1. The van der Waals surface area contributed by atoms with Crippen LogP contribution in [0.15, 0.2) is 27.9 Å². The van der Waals surface area contributed by atoms with Crippen LogP contribution in [0.4, 0.5) is 4.39 Å². The van der Waals surface area contributed by atoms with E-state index in [0.29, 0.717) is 35.3 Å². The molecule has 2 aromatic heterocycles. The molecule has 0 atom stereocenters. The van der Waals surface area contributed by atoms with Crippen molar-refractivity contribution < 1.29 is 8.91 Å². The van der Waals surface area contributed by atoms with Gasteiger partial charge in [-0.1, -0.05) is 41.9 Å². The van der Waals surface area contributed by atoms with Gasteiger partial charge in [0.25, 0.3) is 0 Å². The summed E-state index contributed by atoms with van der Waals surface area (Å²) in [5.74, 6) is 1.57. The van der Waals surface area contributed by atoms with Gasteiger partial charge in [0.05, 0.1) is 6.04 Å². The summed E-state index contributed by atoms with van der Waals surface area (Å²) in [6.45, 7) is 1.72. The molecule has 4 rings (SSSR count). The minimum atomic E-state index is -0.268. The Morgan fingerprint density at radius 3 is 2.96 bits per heavy atom. The van der Waals surface area contributed by atoms with E-state index in [1.165, 1.54) is 18.9 Å². The van der Waals surface area contributed by atoms with Crippen molar-refractivity contribution in [3.63, 3.8) is 0 Å². The maximum Gasteiger partial charge on any atom is 0.226 e. The highest BCUT2D eigenvalue weighted by Crippen LogP contribution is 2.31. The molecule has 1 aliphatic rings. The average Bonchev–Trinajstić information content (AvgIpc) is 3.42. The normalized spacial score (nSPS) is 14.9. The standard InChI is InChI=1S/C18H21FN6OS/c1-12-8-9-13(11-15(12)19)17-20-16(26-22-17)7-4-10-27-18-21-23-24-25(18)14-5-2-3-6-14/h8-9,11,14H,2-7,10H2,1H3. The van der Waals surface area contributed by atoms with Gasteiger partial charge in [-0.2, -0.15) is 4.98 Å². The van der Waals surface area contributed by atoms with Crippen LogP contribution in [0, 0.1) is 12.7 Å². The summed E-state index contributed by atoms with van der Waals surface area (Å²) < 4.78 is 21.0. The third-order valence-electron chi connectivity index (χ3n) is 4.80. The van der Waals surface area contributed by atoms with Crippen LogP contribution in [0.25, 0.3) is 11.4 Å². The van der Waals surface area contributed by atoms with Gasteiger partial charge >= 0.3 is 0 Å². The first-order chi connectivity index (χ1) is 13.2. The lowest BCUT2D eigenvalue weighted by molar-refractivity contribution is 0.378. The molecule has 0 spiro atoms. The summed E-state index contributed by atoms with van der Waals surface area (Å²) >= 11 is 1.65. The highest BCUT2D eigenvalue weighted by Gasteiger charge is 2.21. The minimum absolute atomic E-state index is 0.268. The number of halogens is 1. The Balaban J connectivity index is 1.30.